The zero-order valence-electron chi connectivity index (χ0n) is 9.05. The quantitative estimate of drug-likeness (QED) is 0.895. The number of benzene rings is 2. The summed E-state index contributed by atoms with van der Waals surface area (Å²) in [5.74, 6) is -1.09. The van der Waals surface area contributed by atoms with Gasteiger partial charge in [0.1, 0.15) is 17.7 Å². The third-order valence-electron chi connectivity index (χ3n) is 2.30. The SMILES string of the molecule is N#Cc1ccc(Nc2ccc(Br)cc2F)cc1F. The van der Waals surface area contributed by atoms with E-state index in [4.69, 9.17) is 5.26 Å². The van der Waals surface area contributed by atoms with Gasteiger partial charge in [-0.2, -0.15) is 5.26 Å². The summed E-state index contributed by atoms with van der Waals surface area (Å²) in [5, 5.41) is 11.3. The molecule has 0 aliphatic rings. The van der Waals surface area contributed by atoms with Crippen molar-refractivity contribution >= 4 is 27.3 Å². The number of nitriles is 1. The van der Waals surface area contributed by atoms with Crippen LogP contribution < -0.4 is 5.32 Å². The van der Waals surface area contributed by atoms with Gasteiger partial charge in [-0.25, -0.2) is 8.78 Å². The summed E-state index contributed by atoms with van der Waals surface area (Å²) < 4.78 is 27.5. The van der Waals surface area contributed by atoms with Crippen LogP contribution in [-0.2, 0) is 0 Å². The van der Waals surface area contributed by atoms with Crippen LogP contribution in [0.4, 0.5) is 20.2 Å². The highest BCUT2D eigenvalue weighted by atomic mass is 79.9. The van der Waals surface area contributed by atoms with Crippen molar-refractivity contribution in [1.29, 1.82) is 5.26 Å². The van der Waals surface area contributed by atoms with Crippen molar-refractivity contribution in [3.8, 4) is 6.07 Å². The van der Waals surface area contributed by atoms with Gasteiger partial charge in [-0.1, -0.05) is 15.9 Å². The Hall–Kier alpha value is -1.93. The first-order valence-electron chi connectivity index (χ1n) is 5.02. The van der Waals surface area contributed by atoms with Gasteiger partial charge in [0.15, 0.2) is 0 Å². The minimum absolute atomic E-state index is 0.0446. The monoisotopic (exact) mass is 308 g/mol. The van der Waals surface area contributed by atoms with Gasteiger partial charge >= 0.3 is 0 Å². The minimum atomic E-state index is -0.639. The molecule has 90 valence electrons. The predicted octanol–water partition coefficient (Wildman–Crippen LogP) is 4.34. The predicted molar refractivity (Wildman–Crippen MR) is 68.5 cm³/mol. The zero-order valence-corrected chi connectivity index (χ0v) is 10.6. The second kappa shape index (κ2) is 5.15. The first-order chi connectivity index (χ1) is 8.60. The van der Waals surface area contributed by atoms with E-state index in [2.05, 4.69) is 21.2 Å². The van der Waals surface area contributed by atoms with Gasteiger partial charge in [0.2, 0.25) is 0 Å². The fourth-order valence-corrected chi connectivity index (χ4v) is 1.76. The van der Waals surface area contributed by atoms with E-state index in [0.717, 1.165) is 6.07 Å². The number of hydrogen-bond acceptors (Lipinski definition) is 2. The van der Waals surface area contributed by atoms with Crippen molar-refractivity contribution in [2.45, 2.75) is 0 Å². The van der Waals surface area contributed by atoms with Gasteiger partial charge in [0, 0.05) is 10.2 Å². The van der Waals surface area contributed by atoms with Crippen LogP contribution in [0.1, 0.15) is 5.56 Å². The van der Waals surface area contributed by atoms with E-state index in [9.17, 15) is 8.78 Å². The van der Waals surface area contributed by atoms with E-state index in [1.165, 1.54) is 24.3 Å². The molecule has 2 aromatic rings. The van der Waals surface area contributed by atoms with Gasteiger partial charge in [-0.15, -0.1) is 0 Å². The number of rotatable bonds is 2. The topological polar surface area (TPSA) is 35.8 Å². The van der Waals surface area contributed by atoms with E-state index in [0.29, 0.717) is 10.2 Å². The first-order valence-corrected chi connectivity index (χ1v) is 5.81. The summed E-state index contributed by atoms with van der Waals surface area (Å²) in [5.41, 5.74) is 0.576. The molecule has 2 nitrogen and oxygen atoms in total. The first kappa shape index (κ1) is 12.5. The van der Waals surface area contributed by atoms with Crippen LogP contribution in [0.25, 0.3) is 0 Å². The molecule has 0 aromatic heterocycles. The fraction of sp³-hybridized carbons (Fsp3) is 0. The lowest BCUT2D eigenvalue weighted by Gasteiger charge is -2.08. The molecular weight excluding hydrogens is 302 g/mol. The van der Waals surface area contributed by atoms with Crippen molar-refractivity contribution < 1.29 is 8.78 Å². The highest BCUT2D eigenvalue weighted by molar-refractivity contribution is 9.10. The number of anilines is 2. The van der Waals surface area contributed by atoms with E-state index >= 15 is 0 Å². The van der Waals surface area contributed by atoms with Crippen molar-refractivity contribution in [2.24, 2.45) is 0 Å². The molecule has 0 aliphatic carbocycles. The number of hydrogen-bond donors (Lipinski definition) is 1. The molecule has 1 N–H and O–H groups in total. The average Bonchev–Trinajstić information content (AvgIpc) is 2.33. The van der Waals surface area contributed by atoms with Crippen molar-refractivity contribution in [3.05, 3.63) is 58.1 Å². The Morgan fingerprint density at radius 2 is 1.83 bits per heavy atom. The number of nitrogens with zero attached hydrogens (tertiary/aromatic N) is 1. The molecule has 0 atom stereocenters. The number of nitrogens with one attached hydrogen (secondary N) is 1. The highest BCUT2D eigenvalue weighted by Gasteiger charge is 2.06. The lowest BCUT2D eigenvalue weighted by atomic mass is 10.2. The largest absolute Gasteiger partial charge is 0.353 e. The number of halogens is 3. The summed E-state index contributed by atoms with van der Waals surface area (Å²) >= 11 is 3.15. The smallest absolute Gasteiger partial charge is 0.147 e. The molecule has 0 saturated carbocycles. The van der Waals surface area contributed by atoms with Crippen molar-refractivity contribution in [1.82, 2.24) is 0 Å². The zero-order chi connectivity index (χ0) is 13.1. The van der Waals surface area contributed by atoms with Crippen LogP contribution in [0.15, 0.2) is 40.9 Å². The Morgan fingerprint density at radius 3 is 2.44 bits per heavy atom. The molecular formula is C13H7BrF2N2. The molecule has 2 aromatic carbocycles. The van der Waals surface area contributed by atoms with Crippen LogP contribution in [0.3, 0.4) is 0 Å². The van der Waals surface area contributed by atoms with Crippen LogP contribution in [0.5, 0.6) is 0 Å². The molecule has 18 heavy (non-hydrogen) atoms. The molecule has 0 heterocycles. The molecule has 0 amide bonds. The molecule has 0 fully saturated rings. The molecule has 0 radical (unpaired) electrons. The maximum atomic E-state index is 13.5. The van der Waals surface area contributed by atoms with E-state index < -0.39 is 11.6 Å². The van der Waals surface area contributed by atoms with Gasteiger partial charge in [-0.3, -0.25) is 0 Å². The van der Waals surface area contributed by atoms with E-state index in [1.54, 1.807) is 12.1 Å². The average molecular weight is 309 g/mol. The van der Waals surface area contributed by atoms with Gasteiger partial charge in [0.05, 0.1) is 11.3 Å². The Morgan fingerprint density at radius 1 is 1.06 bits per heavy atom. The Bertz CT molecular complexity index is 635. The van der Waals surface area contributed by atoms with Crippen LogP contribution in [0, 0.1) is 23.0 Å². The maximum Gasteiger partial charge on any atom is 0.147 e. The molecule has 0 spiro atoms. The van der Waals surface area contributed by atoms with Gasteiger partial charge in [-0.05, 0) is 36.4 Å². The van der Waals surface area contributed by atoms with Crippen LogP contribution in [-0.4, -0.2) is 0 Å². The second-order valence-electron chi connectivity index (χ2n) is 3.56. The summed E-state index contributed by atoms with van der Waals surface area (Å²) in [6.45, 7) is 0. The lowest BCUT2D eigenvalue weighted by molar-refractivity contribution is 0.623. The molecule has 0 aliphatic heterocycles. The molecule has 5 heteroatoms. The Balaban J connectivity index is 2.29. The second-order valence-corrected chi connectivity index (χ2v) is 4.47. The normalized spacial score (nSPS) is 9.89. The van der Waals surface area contributed by atoms with E-state index in [1.807, 2.05) is 0 Å². The van der Waals surface area contributed by atoms with Crippen LogP contribution >= 0.6 is 15.9 Å². The third-order valence-corrected chi connectivity index (χ3v) is 2.79. The minimum Gasteiger partial charge on any atom is -0.353 e. The summed E-state index contributed by atoms with van der Waals surface area (Å²) in [7, 11) is 0. The molecule has 0 saturated heterocycles. The Kier molecular flexibility index (Phi) is 3.58. The van der Waals surface area contributed by atoms with Gasteiger partial charge in [0.25, 0.3) is 0 Å². The summed E-state index contributed by atoms with van der Waals surface area (Å²) in [4.78, 5) is 0. The fourth-order valence-electron chi connectivity index (χ4n) is 1.43. The van der Waals surface area contributed by atoms with Crippen molar-refractivity contribution in [3.63, 3.8) is 0 Å². The molecule has 0 bridgehead atoms. The van der Waals surface area contributed by atoms with Crippen molar-refractivity contribution in [2.75, 3.05) is 5.32 Å². The lowest BCUT2D eigenvalue weighted by Crippen LogP contribution is -1.95. The highest BCUT2D eigenvalue weighted by Crippen LogP contribution is 2.24. The standard InChI is InChI=1S/C13H7BrF2N2/c14-9-2-4-13(12(16)5-9)18-10-3-1-8(7-17)11(15)6-10/h1-6,18H. The maximum absolute atomic E-state index is 13.5. The third kappa shape index (κ3) is 2.66. The molecule has 2 rings (SSSR count). The summed E-state index contributed by atoms with van der Waals surface area (Å²) in [6.07, 6.45) is 0. The summed E-state index contributed by atoms with van der Waals surface area (Å²) in [6, 6.07) is 10.3. The molecule has 0 unspecified atom stereocenters. The van der Waals surface area contributed by atoms with E-state index in [-0.39, 0.29) is 11.3 Å². The Labute approximate surface area is 111 Å². The van der Waals surface area contributed by atoms with Gasteiger partial charge < -0.3 is 5.32 Å². The van der Waals surface area contributed by atoms with Crippen LogP contribution in [0.2, 0.25) is 0 Å².